The van der Waals surface area contributed by atoms with Crippen molar-refractivity contribution in [2.45, 2.75) is 51.5 Å². The third-order valence-corrected chi connectivity index (χ3v) is 4.38. The molecular formula is C16H25N5. The van der Waals surface area contributed by atoms with Gasteiger partial charge in [0.25, 0.3) is 0 Å². The highest BCUT2D eigenvalue weighted by Crippen LogP contribution is 2.29. The lowest BCUT2D eigenvalue weighted by atomic mass is 9.94. The van der Waals surface area contributed by atoms with E-state index in [9.17, 15) is 0 Å². The van der Waals surface area contributed by atoms with Crippen molar-refractivity contribution in [3.8, 4) is 0 Å². The average molecular weight is 287 g/mol. The first-order valence-electron chi connectivity index (χ1n) is 8.07. The Labute approximate surface area is 126 Å². The molecule has 0 bridgehead atoms. The summed E-state index contributed by atoms with van der Waals surface area (Å²) in [6.45, 7) is 3.74. The third-order valence-electron chi connectivity index (χ3n) is 4.38. The molecule has 0 radical (unpaired) electrons. The number of rotatable bonds is 5. The first-order valence-corrected chi connectivity index (χ1v) is 8.07. The molecule has 1 fully saturated rings. The van der Waals surface area contributed by atoms with Crippen LogP contribution >= 0.6 is 0 Å². The molecule has 21 heavy (non-hydrogen) atoms. The molecule has 0 aliphatic heterocycles. The van der Waals surface area contributed by atoms with Gasteiger partial charge >= 0.3 is 0 Å². The second kappa shape index (κ2) is 6.43. The van der Waals surface area contributed by atoms with E-state index >= 15 is 0 Å². The molecule has 5 heteroatoms. The Morgan fingerprint density at radius 3 is 2.90 bits per heavy atom. The van der Waals surface area contributed by atoms with Crippen LogP contribution in [0.2, 0.25) is 0 Å². The van der Waals surface area contributed by atoms with Crippen molar-refractivity contribution in [1.29, 1.82) is 0 Å². The molecule has 2 aromatic rings. The third kappa shape index (κ3) is 3.02. The van der Waals surface area contributed by atoms with Gasteiger partial charge in [0, 0.05) is 25.0 Å². The minimum Gasteiger partial charge on any atom is -0.352 e. The van der Waals surface area contributed by atoms with Crippen LogP contribution in [-0.2, 0) is 0 Å². The van der Waals surface area contributed by atoms with E-state index in [0.29, 0.717) is 6.04 Å². The number of hydrogen-bond acceptors (Lipinski definition) is 4. The summed E-state index contributed by atoms with van der Waals surface area (Å²) in [5.41, 5.74) is 7.88. The lowest BCUT2D eigenvalue weighted by Crippen LogP contribution is -2.39. The second-order valence-electron chi connectivity index (χ2n) is 5.99. The van der Waals surface area contributed by atoms with Gasteiger partial charge in [-0.1, -0.05) is 19.3 Å². The van der Waals surface area contributed by atoms with Crippen LogP contribution in [0.25, 0.3) is 5.52 Å². The van der Waals surface area contributed by atoms with Gasteiger partial charge in [-0.15, -0.1) is 0 Å². The van der Waals surface area contributed by atoms with E-state index in [1.54, 1.807) is 0 Å². The zero-order valence-corrected chi connectivity index (χ0v) is 12.8. The molecule has 5 nitrogen and oxygen atoms in total. The number of anilines is 1. The quantitative estimate of drug-likeness (QED) is 0.918. The van der Waals surface area contributed by atoms with Crippen molar-refractivity contribution in [1.82, 2.24) is 14.6 Å². The summed E-state index contributed by atoms with van der Waals surface area (Å²) in [7, 11) is 0. The van der Waals surface area contributed by atoms with Gasteiger partial charge in [0.2, 0.25) is 0 Å². The highest BCUT2D eigenvalue weighted by molar-refractivity contribution is 5.69. The summed E-state index contributed by atoms with van der Waals surface area (Å²) >= 11 is 0. The Hall–Kier alpha value is -1.62. The molecule has 0 spiro atoms. The van der Waals surface area contributed by atoms with Gasteiger partial charge in [-0.25, -0.2) is 9.50 Å². The molecule has 0 aromatic carbocycles. The van der Waals surface area contributed by atoms with Crippen LogP contribution < -0.4 is 10.6 Å². The van der Waals surface area contributed by atoms with Crippen LogP contribution in [0.5, 0.6) is 0 Å². The molecule has 2 heterocycles. The Morgan fingerprint density at radius 1 is 1.33 bits per heavy atom. The van der Waals surface area contributed by atoms with Crippen LogP contribution in [0.1, 0.15) is 44.2 Å². The summed E-state index contributed by atoms with van der Waals surface area (Å²) in [6, 6.07) is 2.72. The zero-order valence-electron chi connectivity index (χ0n) is 12.8. The van der Waals surface area contributed by atoms with E-state index in [1.165, 1.54) is 32.1 Å². The fraction of sp³-hybridized carbons (Fsp3) is 0.625. The van der Waals surface area contributed by atoms with Crippen molar-refractivity contribution < 1.29 is 0 Å². The molecule has 0 atom stereocenters. The van der Waals surface area contributed by atoms with Crippen LogP contribution in [0.4, 0.5) is 5.82 Å². The fourth-order valence-electron chi connectivity index (χ4n) is 3.37. The number of aromatic nitrogens is 3. The number of aryl methyl sites for hydroxylation is 1. The van der Waals surface area contributed by atoms with Crippen LogP contribution in [0, 0.1) is 6.92 Å². The molecular weight excluding hydrogens is 262 g/mol. The lowest BCUT2D eigenvalue weighted by molar-refractivity contribution is 0.411. The molecule has 0 saturated heterocycles. The predicted octanol–water partition coefficient (Wildman–Crippen LogP) is 2.53. The average Bonchev–Trinajstić information content (AvgIpc) is 2.89. The first kappa shape index (κ1) is 14.3. The maximum absolute atomic E-state index is 5.74. The summed E-state index contributed by atoms with van der Waals surface area (Å²) in [5.74, 6) is 1.07. The lowest BCUT2D eigenvalue weighted by Gasteiger charge is -2.35. The molecule has 1 aliphatic rings. The minimum absolute atomic E-state index is 0.596. The van der Waals surface area contributed by atoms with Gasteiger partial charge in [-0.2, -0.15) is 5.10 Å². The van der Waals surface area contributed by atoms with E-state index in [4.69, 9.17) is 5.73 Å². The summed E-state index contributed by atoms with van der Waals surface area (Å²) in [6.07, 6.45) is 11.3. The summed E-state index contributed by atoms with van der Waals surface area (Å²) in [5, 5.41) is 4.51. The van der Waals surface area contributed by atoms with E-state index in [0.717, 1.165) is 36.5 Å². The van der Waals surface area contributed by atoms with Crippen molar-refractivity contribution >= 4 is 11.3 Å². The van der Waals surface area contributed by atoms with E-state index in [2.05, 4.69) is 21.0 Å². The van der Waals surface area contributed by atoms with Gasteiger partial charge in [0.05, 0.1) is 5.69 Å². The molecule has 0 amide bonds. The first-order chi connectivity index (χ1) is 10.3. The van der Waals surface area contributed by atoms with Crippen molar-refractivity contribution in [2.75, 3.05) is 18.0 Å². The van der Waals surface area contributed by atoms with Crippen LogP contribution in [0.15, 0.2) is 18.5 Å². The predicted molar refractivity (Wildman–Crippen MR) is 85.6 cm³/mol. The number of nitrogens with zero attached hydrogens (tertiary/aromatic N) is 4. The maximum Gasteiger partial charge on any atom is 0.154 e. The molecule has 0 unspecified atom stereocenters. The molecule has 3 rings (SSSR count). The molecule has 2 aromatic heterocycles. The zero-order chi connectivity index (χ0) is 14.7. The number of nitrogens with two attached hydrogens (primary N) is 1. The molecule has 2 N–H and O–H groups in total. The number of hydrogen-bond donors (Lipinski definition) is 1. The van der Waals surface area contributed by atoms with E-state index < -0.39 is 0 Å². The monoisotopic (exact) mass is 287 g/mol. The van der Waals surface area contributed by atoms with Gasteiger partial charge < -0.3 is 10.6 Å². The Balaban J connectivity index is 1.96. The van der Waals surface area contributed by atoms with Crippen molar-refractivity contribution in [3.63, 3.8) is 0 Å². The number of fused-ring (bicyclic) bond motifs is 1. The fourth-order valence-corrected chi connectivity index (χ4v) is 3.37. The molecule has 1 saturated carbocycles. The summed E-state index contributed by atoms with van der Waals surface area (Å²) < 4.78 is 1.94. The smallest absolute Gasteiger partial charge is 0.154 e. The Kier molecular flexibility index (Phi) is 4.39. The second-order valence-corrected chi connectivity index (χ2v) is 5.99. The largest absolute Gasteiger partial charge is 0.352 e. The van der Waals surface area contributed by atoms with Gasteiger partial charge in [0.15, 0.2) is 5.82 Å². The van der Waals surface area contributed by atoms with Crippen LogP contribution in [0.3, 0.4) is 0 Å². The van der Waals surface area contributed by atoms with Crippen LogP contribution in [-0.4, -0.2) is 33.7 Å². The Bertz CT molecular complexity index is 585. The Morgan fingerprint density at radius 2 is 2.14 bits per heavy atom. The maximum atomic E-state index is 5.74. The summed E-state index contributed by atoms with van der Waals surface area (Å²) in [4.78, 5) is 7.15. The molecule has 114 valence electrons. The van der Waals surface area contributed by atoms with Gasteiger partial charge in [0.1, 0.15) is 5.52 Å². The van der Waals surface area contributed by atoms with Gasteiger partial charge in [-0.05, 0) is 38.8 Å². The van der Waals surface area contributed by atoms with Crippen molar-refractivity contribution in [2.24, 2.45) is 5.73 Å². The highest BCUT2D eigenvalue weighted by atomic mass is 15.3. The standard InChI is InChI=1S/C16H25N5/c1-13-12-15-16(18-9-11-21(15)19-13)20(10-5-8-17)14-6-3-2-4-7-14/h9,11-12,14H,2-8,10,17H2,1H3. The highest BCUT2D eigenvalue weighted by Gasteiger charge is 2.23. The van der Waals surface area contributed by atoms with Gasteiger partial charge in [-0.3, -0.25) is 0 Å². The van der Waals surface area contributed by atoms with Crippen molar-refractivity contribution in [3.05, 3.63) is 24.2 Å². The topological polar surface area (TPSA) is 59.5 Å². The van der Waals surface area contributed by atoms with E-state index in [1.807, 2.05) is 23.8 Å². The molecule has 1 aliphatic carbocycles. The van der Waals surface area contributed by atoms with E-state index in [-0.39, 0.29) is 0 Å². The SMILES string of the molecule is Cc1cc2c(N(CCCN)C3CCCCC3)nccn2n1. The minimum atomic E-state index is 0.596. The normalized spacial score (nSPS) is 16.5.